The summed E-state index contributed by atoms with van der Waals surface area (Å²) >= 11 is 1.19. The third kappa shape index (κ3) is 3.79. The molecule has 1 heterocycles. The number of rotatable bonds is 4. The monoisotopic (exact) mass is 331 g/mol. The molecule has 1 aliphatic carbocycles. The lowest BCUT2D eigenvalue weighted by Gasteiger charge is -2.13. The standard InChI is InChI=1S/C16H17N3O3S/c1-22-11-7-5-10(6-8-11)17-14(20)9-23-16-18-13-4-2-3-12(13)15(21)19-16/h5-8,12H,2-4,9H2,1H3,(H,17,20). The van der Waals surface area contributed by atoms with E-state index in [9.17, 15) is 9.59 Å². The van der Waals surface area contributed by atoms with E-state index < -0.39 is 0 Å². The van der Waals surface area contributed by atoms with E-state index in [2.05, 4.69) is 15.3 Å². The largest absolute Gasteiger partial charge is 0.497 e. The second kappa shape index (κ2) is 6.95. The third-order valence-electron chi connectivity index (χ3n) is 3.78. The number of aliphatic imine (C=N–C) groups is 2. The number of carbonyl (C=O) groups is 2. The zero-order valence-electron chi connectivity index (χ0n) is 12.7. The number of carbonyl (C=O) groups excluding carboxylic acids is 2. The van der Waals surface area contributed by atoms with Crippen LogP contribution in [0, 0.1) is 5.92 Å². The highest BCUT2D eigenvalue weighted by Gasteiger charge is 2.32. The number of amidine groups is 1. The molecule has 1 N–H and O–H groups in total. The first kappa shape index (κ1) is 15.7. The van der Waals surface area contributed by atoms with Gasteiger partial charge in [0.1, 0.15) is 5.75 Å². The Bertz CT molecular complexity index is 682. The van der Waals surface area contributed by atoms with Gasteiger partial charge in [-0.2, -0.15) is 4.99 Å². The van der Waals surface area contributed by atoms with Gasteiger partial charge in [-0.25, -0.2) is 4.99 Å². The Morgan fingerprint density at radius 2 is 2.13 bits per heavy atom. The van der Waals surface area contributed by atoms with Crippen LogP contribution >= 0.6 is 11.8 Å². The normalized spacial score (nSPS) is 19.7. The van der Waals surface area contributed by atoms with Gasteiger partial charge < -0.3 is 10.1 Å². The second-order valence-corrected chi connectivity index (χ2v) is 6.29. The van der Waals surface area contributed by atoms with Gasteiger partial charge in [-0.15, -0.1) is 0 Å². The molecule has 6 nitrogen and oxygen atoms in total. The fourth-order valence-electron chi connectivity index (χ4n) is 2.61. The molecule has 0 saturated heterocycles. The Hall–Kier alpha value is -2.15. The number of methoxy groups -OCH3 is 1. The van der Waals surface area contributed by atoms with E-state index in [0.29, 0.717) is 10.9 Å². The SMILES string of the molecule is COc1ccc(NC(=O)CSC2=NC(=O)C3CCCC3=N2)cc1. The van der Waals surface area contributed by atoms with Gasteiger partial charge in [-0.05, 0) is 43.5 Å². The van der Waals surface area contributed by atoms with Crippen molar-refractivity contribution in [3.63, 3.8) is 0 Å². The number of fused-ring (bicyclic) bond motifs is 1. The van der Waals surface area contributed by atoms with Crippen LogP contribution in [0.2, 0.25) is 0 Å². The average molecular weight is 331 g/mol. The summed E-state index contributed by atoms with van der Waals surface area (Å²) < 4.78 is 5.07. The maximum absolute atomic E-state index is 12.0. The van der Waals surface area contributed by atoms with Gasteiger partial charge in [0.25, 0.3) is 5.91 Å². The van der Waals surface area contributed by atoms with Crippen molar-refractivity contribution < 1.29 is 14.3 Å². The number of nitrogens with zero attached hydrogens (tertiary/aromatic N) is 2. The number of hydrogen-bond donors (Lipinski definition) is 1. The lowest BCUT2D eigenvalue weighted by atomic mass is 10.1. The predicted molar refractivity (Wildman–Crippen MR) is 91.3 cm³/mol. The van der Waals surface area contributed by atoms with Gasteiger partial charge in [-0.3, -0.25) is 9.59 Å². The number of anilines is 1. The topological polar surface area (TPSA) is 80.1 Å². The third-order valence-corrected chi connectivity index (χ3v) is 4.62. The van der Waals surface area contributed by atoms with Crippen LogP contribution in [0.25, 0.3) is 0 Å². The van der Waals surface area contributed by atoms with E-state index in [1.807, 2.05) is 0 Å². The molecule has 1 aromatic carbocycles. The van der Waals surface area contributed by atoms with Crippen LogP contribution in [0.3, 0.4) is 0 Å². The van der Waals surface area contributed by atoms with Gasteiger partial charge in [-0.1, -0.05) is 11.8 Å². The maximum Gasteiger partial charge on any atom is 0.256 e. The molecule has 0 aromatic heterocycles. The lowest BCUT2D eigenvalue weighted by Crippen LogP contribution is -2.24. The van der Waals surface area contributed by atoms with Crippen molar-refractivity contribution in [3.8, 4) is 5.75 Å². The Kier molecular flexibility index (Phi) is 4.76. The number of hydrogen-bond acceptors (Lipinski definition) is 5. The minimum absolute atomic E-state index is 0.118. The lowest BCUT2D eigenvalue weighted by molar-refractivity contribution is -0.119. The molecule has 7 heteroatoms. The van der Waals surface area contributed by atoms with Gasteiger partial charge in [0.15, 0.2) is 5.17 Å². The molecule has 1 aromatic rings. The zero-order valence-corrected chi connectivity index (χ0v) is 13.6. The molecular weight excluding hydrogens is 314 g/mol. The van der Waals surface area contributed by atoms with Crippen LogP contribution in [0.15, 0.2) is 34.3 Å². The van der Waals surface area contributed by atoms with E-state index in [1.54, 1.807) is 31.4 Å². The first-order valence-corrected chi connectivity index (χ1v) is 8.41. The number of nitrogens with one attached hydrogen (secondary N) is 1. The zero-order chi connectivity index (χ0) is 16.2. The summed E-state index contributed by atoms with van der Waals surface area (Å²) in [6.07, 6.45) is 2.69. The number of benzene rings is 1. The van der Waals surface area contributed by atoms with Crippen molar-refractivity contribution in [1.82, 2.24) is 0 Å². The molecule has 1 atom stereocenters. The Morgan fingerprint density at radius 3 is 2.87 bits per heavy atom. The predicted octanol–water partition coefficient (Wildman–Crippen LogP) is 2.50. The summed E-state index contributed by atoms with van der Waals surface area (Å²) in [5.74, 6) is 0.496. The summed E-state index contributed by atoms with van der Waals surface area (Å²) in [6.45, 7) is 0. The quantitative estimate of drug-likeness (QED) is 0.919. The molecule has 0 spiro atoms. The molecular formula is C16H17N3O3S. The summed E-state index contributed by atoms with van der Waals surface area (Å²) in [7, 11) is 1.59. The van der Waals surface area contributed by atoms with Crippen LogP contribution in [-0.2, 0) is 9.59 Å². The van der Waals surface area contributed by atoms with E-state index in [0.717, 1.165) is 30.7 Å². The summed E-state index contributed by atoms with van der Waals surface area (Å²) in [5, 5.41) is 3.18. The Balaban J connectivity index is 1.53. The minimum atomic E-state index is -0.163. The molecule has 2 aliphatic rings. The van der Waals surface area contributed by atoms with E-state index in [-0.39, 0.29) is 23.5 Å². The molecule has 1 fully saturated rings. The first-order valence-electron chi connectivity index (χ1n) is 7.42. The van der Waals surface area contributed by atoms with Gasteiger partial charge in [0.2, 0.25) is 5.91 Å². The second-order valence-electron chi connectivity index (χ2n) is 5.35. The summed E-state index contributed by atoms with van der Waals surface area (Å²) in [5.41, 5.74) is 1.61. The van der Waals surface area contributed by atoms with Crippen molar-refractivity contribution in [2.45, 2.75) is 19.3 Å². The molecule has 23 heavy (non-hydrogen) atoms. The van der Waals surface area contributed by atoms with Crippen molar-refractivity contribution in [2.24, 2.45) is 15.9 Å². The summed E-state index contributed by atoms with van der Waals surface area (Å²) in [4.78, 5) is 32.2. The molecule has 0 radical (unpaired) electrons. The number of thioether (sulfide) groups is 1. The first-order chi connectivity index (χ1) is 11.2. The van der Waals surface area contributed by atoms with Crippen molar-refractivity contribution in [2.75, 3.05) is 18.2 Å². The molecule has 0 bridgehead atoms. The molecule has 1 saturated carbocycles. The Morgan fingerprint density at radius 1 is 1.35 bits per heavy atom. The van der Waals surface area contributed by atoms with Crippen LogP contribution < -0.4 is 10.1 Å². The molecule has 120 valence electrons. The van der Waals surface area contributed by atoms with Crippen LogP contribution in [0.4, 0.5) is 5.69 Å². The van der Waals surface area contributed by atoms with Crippen molar-refractivity contribution in [1.29, 1.82) is 0 Å². The highest BCUT2D eigenvalue weighted by atomic mass is 32.2. The van der Waals surface area contributed by atoms with E-state index in [1.165, 1.54) is 11.8 Å². The molecule has 2 amide bonds. The number of ether oxygens (including phenoxy) is 1. The number of amides is 2. The van der Waals surface area contributed by atoms with E-state index >= 15 is 0 Å². The molecule has 1 aliphatic heterocycles. The van der Waals surface area contributed by atoms with Crippen molar-refractivity contribution in [3.05, 3.63) is 24.3 Å². The fraction of sp³-hybridized carbons (Fsp3) is 0.375. The maximum atomic E-state index is 12.0. The van der Waals surface area contributed by atoms with Gasteiger partial charge in [0.05, 0.1) is 18.8 Å². The highest BCUT2D eigenvalue weighted by molar-refractivity contribution is 8.14. The average Bonchev–Trinajstić information content (AvgIpc) is 3.03. The Labute approximate surface area is 138 Å². The van der Waals surface area contributed by atoms with Crippen molar-refractivity contribution >= 4 is 40.1 Å². The van der Waals surface area contributed by atoms with Crippen LogP contribution in [-0.4, -0.2) is 35.6 Å². The minimum Gasteiger partial charge on any atom is -0.497 e. The summed E-state index contributed by atoms with van der Waals surface area (Å²) in [6, 6.07) is 7.09. The fourth-order valence-corrected chi connectivity index (χ4v) is 3.28. The van der Waals surface area contributed by atoms with Gasteiger partial charge in [0, 0.05) is 11.4 Å². The smallest absolute Gasteiger partial charge is 0.256 e. The molecule has 3 rings (SSSR count). The van der Waals surface area contributed by atoms with Crippen LogP contribution in [0.5, 0.6) is 5.75 Å². The van der Waals surface area contributed by atoms with Gasteiger partial charge >= 0.3 is 0 Å². The van der Waals surface area contributed by atoms with Crippen LogP contribution in [0.1, 0.15) is 19.3 Å². The molecule has 1 unspecified atom stereocenters. The highest BCUT2D eigenvalue weighted by Crippen LogP contribution is 2.28. The van der Waals surface area contributed by atoms with E-state index in [4.69, 9.17) is 4.74 Å².